The predicted molar refractivity (Wildman–Crippen MR) is 162 cm³/mol. The van der Waals surface area contributed by atoms with E-state index in [9.17, 15) is 0 Å². The fourth-order valence-electron chi connectivity index (χ4n) is 6.57. The number of hydrogen-bond donors (Lipinski definition) is 0. The summed E-state index contributed by atoms with van der Waals surface area (Å²) in [6.07, 6.45) is 32.8. The third-order valence-corrected chi connectivity index (χ3v) is 8.92. The number of aryl methyl sites for hydroxylation is 2. The van der Waals surface area contributed by atoms with Gasteiger partial charge < -0.3 is 0 Å². The van der Waals surface area contributed by atoms with Crippen LogP contribution in [0.2, 0.25) is 6.32 Å². The van der Waals surface area contributed by atoms with Gasteiger partial charge in [-0.15, -0.1) is 0 Å². The first-order valence-corrected chi connectivity index (χ1v) is 16.4. The van der Waals surface area contributed by atoms with Crippen molar-refractivity contribution in [3.8, 4) is 0 Å². The smallest absolute Gasteiger partial charge is 0.0842 e. The molecule has 2 rings (SSSR count). The molecule has 1 aromatic carbocycles. The van der Waals surface area contributed by atoms with Gasteiger partial charge >= 0.3 is 0 Å². The summed E-state index contributed by atoms with van der Waals surface area (Å²) in [7, 11) is 1.29. The van der Waals surface area contributed by atoms with Crippen molar-refractivity contribution in [2.45, 2.75) is 168 Å². The second-order valence-electron chi connectivity index (χ2n) is 12.0. The summed E-state index contributed by atoms with van der Waals surface area (Å²) in [6.45, 7) is 6.98. The van der Waals surface area contributed by atoms with E-state index < -0.39 is 0 Å². The number of fused-ring (bicyclic) bond motifs is 1. The van der Waals surface area contributed by atoms with Gasteiger partial charge in [0.15, 0.2) is 7.28 Å². The molecule has 0 heterocycles. The Labute approximate surface area is 222 Å². The lowest BCUT2D eigenvalue weighted by molar-refractivity contribution is 0.242. The maximum atomic E-state index is 2.60. The van der Waals surface area contributed by atoms with Gasteiger partial charge in [-0.3, -0.25) is 0 Å². The minimum Gasteiger partial charge on any atom is -0.0842 e. The molecule has 0 fully saturated rings. The summed E-state index contributed by atoms with van der Waals surface area (Å²) >= 11 is 0. The molecule has 0 nitrogen and oxygen atoms in total. The van der Waals surface area contributed by atoms with Gasteiger partial charge in [0, 0.05) is 0 Å². The second kappa shape index (κ2) is 20.4. The average molecular weight is 481 g/mol. The number of benzene rings is 1. The Balaban J connectivity index is 1.85. The van der Waals surface area contributed by atoms with Crippen LogP contribution in [0.5, 0.6) is 0 Å². The van der Waals surface area contributed by atoms with E-state index in [-0.39, 0.29) is 0 Å². The van der Waals surface area contributed by atoms with Crippen LogP contribution in [0.4, 0.5) is 0 Å². The quantitative estimate of drug-likeness (QED) is 0.129. The highest BCUT2D eigenvalue weighted by Crippen LogP contribution is 2.34. The molecule has 0 bridgehead atoms. The first-order chi connectivity index (χ1) is 17.3. The lowest BCUT2D eigenvalue weighted by Crippen LogP contribution is -2.20. The standard InChI is InChI=1S/C34H61B/c1-4-7-10-13-16-20-30(21-17-14-11-8-5-2)31-22-19-23-33-29-34(27-26-32(33)25-24-31)35-28-18-15-12-9-6-3/h26-27,29-31,35H,4-25,28H2,1-3H3. The molecular formula is C34H61B. The van der Waals surface area contributed by atoms with Crippen molar-refractivity contribution in [2.24, 2.45) is 11.8 Å². The maximum absolute atomic E-state index is 2.60. The van der Waals surface area contributed by atoms with E-state index in [1.165, 1.54) is 155 Å². The van der Waals surface area contributed by atoms with E-state index in [2.05, 4.69) is 39.0 Å². The molecule has 0 N–H and O–H groups in total. The molecule has 0 spiro atoms. The molecule has 200 valence electrons. The van der Waals surface area contributed by atoms with Crippen LogP contribution in [-0.4, -0.2) is 7.28 Å². The third-order valence-electron chi connectivity index (χ3n) is 8.92. The highest BCUT2D eigenvalue weighted by Gasteiger charge is 2.23. The Morgan fingerprint density at radius 1 is 0.657 bits per heavy atom. The Bertz CT molecular complexity index is 607. The third kappa shape index (κ3) is 13.4. The second-order valence-corrected chi connectivity index (χ2v) is 12.0. The maximum Gasteiger partial charge on any atom is 0.157 e. The lowest BCUT2D eigenvalue weighted by atomic mass is 9.65. The van der Waals surface area contributed by atoms with Crippen molar-refractivity contribution in [1.29, 1.82) is 0 Å². The highest BCUT2D eigenvalue weighted by molar-refractivity contribution is 6.53. The largest absolute Gasteiger partial charge is 0.157 e. The number of hydrogen-bond acceptors (Lipinski definition) is 0. The zero-order valence-corrected chi connectivity index (χ0v) is 24.4. The Hall–Kier alpha value is -0.715. The molecule has 0 aliphatic heterocycles. The SMILES string of the molecule is CCCCCCCBc1ccc2c(c1)CCCC(C(CCCCCCC)CCCCCCC)CC2. The minimum absolute atomic E-state index is 0.975. The van der Waals surface area contributed by atoms with Crippen molar-refractivity contribution in [3.63, 3.8) is 0 Å². The molecule has 1 heteroatoms. The molecule has 0 aromatic heterocycles. The summed E-state index contributed by atoms with van der Waals surface area (Å²) in [5.74, 6) is 1.97. The van der Waals surface area contributed by atoms with Crippen molar-refractivity contribution in [3.05, 3.63) is 29.3 Å². The minimum atomic E-state index is 0.975. The van der Waals surface area contributed by atoms with Crippen molar-refractivity contribution in [2.75, 3.05) is 0 Å². The van der Waals surface area contributed by atoms with Crippen LogP contribution in [-0.2, 0) is 12.8 Å². The molecule has 0 radical (unpaired) electrons. The van der Waals surface area contributed by atoms with Gasteiger partial charge in [0.2, 0.25) is 0 Å². The summed E-state index contributed by atoms with van der Waals surface area (Å²) < 4.78 is 0. The van der Waals surface area contributed by atoms with Crippen molar-refractivity contribution >= 4 is 12.7 Å². The average Bonchev–Trinajstić information content (AvgIpc) is 2.86. The summed E-state index contributed by atoms with van der Waals surface area (Å²) in [6, 6.07) is 7.59. The fourth-order valence-corrected chi connectivity index (χ4v) is 6.57. The molecule has 35 heavy (non-hydrogen) atoms. The normalized spacial score (nSPS) is 16.2. The van der Waals surface area contributed by atoms with E-state index in [0.29, 0.717) is 0 Å². The highest BCUT2D eigenvalue weighted by atomic mass is 14.3. The van der Waals surface area contributed by atoms with Gasteiger partial charge in [-0.1, -0.05) is 160 Å². The van der Waals surface area contributed by atoms with Crippen LogP contribution in [0.25, 0.3) is 0 Å². The predicted octanol–water partition coefficient (Wildman–Crippen LogP) is 10.4. The van der Waals surface area contributed by atoms with Crippen LogP contribution in [0.1, 0.15) is 160 Å². The van der Waals surface area contributed by atoms with Gasteiger partial charge in [0.25, 0.3) is 0 Å². The van der Waals surface area contributed by atoms with E-state index >= 15 is 0 Å². The van der Waals surface area contributed by atoms with Gasteiger partial charge in [-0.2, -0.15) is 0 Å². The lowest BCUT2D eigenvalue weighted by Gasteiger charge is -2.30. The first-order valence-electron chi connectivity index (χ1n) is 16.4. The summed E-state index contributed by atoms with van der Waals surface area (Å²) in [5, 5.41) is 0. The Morgan fingerprint density at radius 2 is 1.26 bits per heavy atom. The molecule has 1 aromatic rings. The summed E-state index contributed by atoms with van der Waals surface area (Å²) in [5.41, 5.74) is 4.99. The van der Waals surface area contributed by atoms with Crippen LogP contribution in [0.3, 0.4) is 0 Å². The van der Waals surface area contributed by atoms with Crippen LogP contribution >= 0.6 is 0 Å². The van der Waals surface area contributed by atoms with Crippen LogP contribution in [0.15, 0.2) is 18.2 Å². The molecule has 1 unspecified atom stereocenters. The zero-order chi connectivity index (χ0) is 25.0. The van der Waals surface area contributed by atoms with E-state index in [0.717, 1.165) is 11.8 Å². The first kappa shape index (κ1) is 30.5. The molecule has 0 saturated carbocycles. The Morgan fingerprint density at radius 3 is 1.89 bits per heavy atom. The van der Waals surface area contributed by atoms with Gasteiger partial charge in [0.1, 0.15) is 0 Å². The van der Waals surface area contributed by atoms with Crippen molar-refractivity contribution in [1.82, 2.24) is 0 Å². The summed E-state index contributed by atoms with van der Waals surface area (Å²) in [4.78, 5) is 0. The van der Waals surface area contributed by atoms with Crippen molar-refractivity contribution < 1.29 is 0 Å². The fraction of sp³-hybridized carbons (Fsp3) is 0.824. The van der Waals surface area contributed by atoms with E-state index in [1.807, 2.05) is 0 Å². The Kier molecular flexibility index (Phi) is 17.7. The van der Waals surface area contributed by atoms with E-state index in [1.54, 1.807) is 16.6 Å². The zero-order valence-electron chi connectivity index (χ0n) is 24.4. The van der Waals surface area contributed by atoms with Crippen LogP contribution in [0, 0.1) is 11.8 Å². The molecule has 0 saturated heterocycles. The van der Waals surface area contributed by atoms with Gasteiger partial charge in [-0.05, 0) is 55.1 Å². The molecule has 1 atom stereocenters. The number of unbranched alkanes of at least 4 members (excludes halogenated alkanes) is 12. The molecule has 1 aliphatic carbocycles. The molecule has 0 amide bonds. The van der Waals surface area contributed by atoms with E-state index in [4.69, 9.17) is 0 Å². The van der Waals surface area contributed by atoms with Crippen LogP contribution < -0.4 is 5.46 Å². The van der Waals surface area contributed by atoms with Gasteiger partial charge in [-0.25, -0.2) is 0 Å². The van der Waals surface area contributed by atoms with Gasteiger partial charge in [0.05, 0.1) is 0 Å². The monoisotopic (exact) mass is 480 g/mol. The topological polar surface area (TPSA) is 0 Å². The molecule has 1 aliphatic rings. The molecular weight excluding hydrogens is 419 g/mol. The number of rotatable bonds is 20.